The van der Waals surface area contributed by atoms with Crippen LogP contribution in [0.2, 0.25) is 0 Å². The van der Waals surface area contributed by atoms with Crippen molar-refractivity contribution in [3.8, 4) is 0 Å². The molecule has 5 unspecified atom stereocenters. The number of nitrogens with two attached hydrogens (primary N) is 2. The van der Waals surface area contributed by atoms with Gasteiger partial charge >= 0.3 is 11.9 Å². The van der Waals surface area contributed by atoms with Gasteiger partial charge in [0.2, 0.25) is 23.6 Å². The first-order valence-electron chi connectivity index (χ1n) is 10.6. The lowest BCUT2D eigenvalue weighted by atomic mass is 9.98. The molecule has 0 aliphatic carbocycles. The summed E-state index contributed by atoms with van der Waals surface area (Å²) in [4.78, 5) is 71.5. The van der Waals surface area contributed by atoms with Gasteiger partial charge in [0.15, 0.2) is 0 Å². The minimum absolute atomic E-state index is 0.209. The second-order valence-electron chi connectivity index (χ2n) is 8.21. The highest BCUT2D eigenvalue weighted by molar-refractivity contribution is 5.95. The number of carboxylic acid groups (broad SMARTS) is 2. The molecule has 0 aliphatic rings. The van der Waals surface area contributed by atoms with Crippen LogP contribution in [-0.4, -0.2) is 69.9 Å². The maximum atomic E-state index is 12.8. The van der Waals surface area contributed by atoms with Crippen LogP contribution in [0.25, 0.3) is 0 Å². The number of hydrogen-bond acceptors (Lipinski definition) is 7. The fraction of sp³-hybridized carbons (Fsp3) is 0.700. The Labute approximate surface area is 192 Å². The van der Waals surface area contributed by atoms with Crippen molar-refractivity contribution in [2.24, 2.45) is 23.3 Å². The van der Waals surface area contributed by atoms with Gasteiger partial charge in [-0.15, -0.1) is 0 Å². The van der Waals surface area contributed by atoms with Crippen LogP contribution in [-0.2, 0) is 28.8 Å². The van der Waals surface area contributed by atoms with E-state index in [1.54, 1.807) is 20.8 Å². The summed E-state index contributed by atoms with van der Waals surface area (Å²) in [7, 11) is 0. The number of carboxylic acids is 2. The van der Waals surface area contributed by atoms with Gasteiger partial charge in [0.25, 0.3) is 0 Å². The number of primary amides is 1. The standard InChI is InChI=1S/C20H35N5O8/c1-5-10(4)15(22)19(31)23-11(6-7-13(21)26)17(29)24-12(8-14(27)28)18(30)25-16(9(2)3)20(32)33/h9-12,15-16H,5-8,22H2,1-4H3,(H2,21,26)(H,23,31)(H,24,29)(H,25,30)(H,27,28)(H,32,33). The predicted molar refractivity (Wildman–Crippen MR) is 116 cm³/mol. The normalized spacial score (nSPS) is 15.5. The molecule has 0 heterocycles. The first kappa shape index (κ1) is 29.8. The van der Waals surface area contributed by atoms with Crippen LogP contribution in [0.15, 0.2) is 0 Å². The molecule has 13 nitrogen and oxygen atoms in total. The molecule has 0 saturated heterocycles. The lowest BCUT2D eigenvalue weighted by Gasteiger charge is -2.26. The molecule has 188 valence electrons. The van der Waals surface area contributed by atoms with Crippen molar-refractivity contribution in [3.05, 3.63) is 0 Å². The van der Waals surface area contributed by atoms with Crippen molar-refractivity contribution in [2.75, 3.05) is 0 Å². The van der Waals surface area contributed by atoms with E-state index in [1.807, 2.05) is 6.92 Å². The van der Waals surface area contributed by atoms with Crippen LogP contribution in [0.3, 0.4) is 0 Å². The lowest BCUT2D eigenvalue weighted by molar-refractivity contribution is -0.144. The minimum Gasteiger partial charge on any atom is -0.481 e. The molecule has 5 atom stereocenters. The largest absolute Gasteiger partial charge is 0.481 e. The molecule has 0 saturated carbocycles. The van der Waals surface area contributed by atoms with E-state index in [1.165, 1.54) is 0 Å². The zero-order valence-electron chi connectivity index (χ0n) is 19.3. The van der Waals surface area contributed by atoms with Crippen LogP contribution < -0.4 is 27.4 Å². The topological polar surface area (TPSA) is 231 Å². The van der Waals surface area contributed by atoms with Gasteiger partial charge in [-0.05, 0) is 18.3 Å². The highest BCUT2D eigenvalue weighted by Gasteiger charge is 2.33. The van der Waals surface area contributed by atoms with Crippen molar-refractivity contribution >= 4 is 35.6 Å². The first-order valence-corrected chi connectivity index (χ1v) is 10.6. The molecule has 0 aromatic heterocycles. The average molecular weight is 474 g/mol. The molecular formula is C20H35N5O8. The molecule has 0 aromatic carbocycles. The van der Waals surface area contributed by atoms with Crippen LogP contribution in [0, 0.1) is 11.8 Å². The van der Waals surface area contributed by atoms with E-state index in [9.17, 15) is 33.9 Å². The van der Waals surface area contributed by atoms with E-state index in [0.29, 0.717) is 6.42 Å². The van der Waals surface area contributed by atoms with Crippen LogP contribution in [0.4, 0.5) is 0 Å². The molecule has 9 N–H and O–H groups in total. The van der Waals surface area contributed by atoms with E-state index in [0.717, 1.165) is 0 Å². The third-order valence-corrected chi connectivity index (χ3v) is 5.11. The van der Waals surface area contributed by atoms with Gasteiger partial charge < -0.3 is 37.6 Å². The number of rotatable bonds is 15. The Kier molecular flexibility index (Phi) is 12.7. The van der Waals surface area contributed by atoms with Crippen molar-refractivity contribution < 1.29 is 39.0 Å². The highest BCUT2D eigenvalue weighted by Crippen LogP contribution is 2.08. The fourth-order valence-electron chi connectivity index (χ4n) is 2.76. The Bertz CT molecular complexity index is 742. The van der Waals surface area contributed by atoms with Crippen LogP contribution in [0.5, 0.6) is 0 Å². The predicted octanol–water partition coefficient (Wildman–Crippen LogP) is -1.70. The second kappa shape index (κ2) is 14.0. The summed E-state index contributed by atoms with van der Waals surface area (Å²) in [6, 6.07) is -5.22. The number of hydrogen-bond donors (Lipinski definition) is 7. The Hall–Kier alpha value is -3.22. The number of carbonyl (C=O) groups is 6. The van der Waals surface area contributed by atoms with Crippen molar-refractivity contribution in [3.63, 3.8) is 0 Å². The number of amides is 4. The highest BCUT2D eigenvalue weighted by atomic mass is 16.4. The molecule has 13 heteroatoms. The smallest absolute Gasteiger partial charge is 0.326 e. The zero-order valence-corrected chi connectivity index (χ0v) is 19.3. The van der Waals surface area contributed by atoms with Gasteiger partial charge in [-0.1, -0.05) is 34.1 Å². The third-order valence-electron chi connectivity index (χ3n) is 5.11. The average Bonchev–Trinajstić information content (AvgIpc) is 2.71. The Balaban J connectivity index is 5.62. The monoisotopic (exact) mass is 473 g/mol. The fourth-order valence-corrected chi connectivity index (χ4v) is 2.76. The SMILES string of the molecule is CCC(C)C(N)C(=O)NC(CCC(N)=O)C(=O)NC(CC(=O)O)C(=O)NC(C(=O)O)C(C)C. The molecule has 4 amide bonds. The Morgan fingerprint density at radius 1 is 0.848 bits per heavy atom. The maximum absolute atomic E-state index is 12.8. The first-order chi connectivity index (χ1) is 15.2. The summed E-state index contributed by atoms with van der Waals surface area (Å²) in [5.74, 6) is -6.86. The molecule has 0 rings (SSSR count). The van der Waals surface area contributed by atoms with E-state index in [4.69, 9.17) is 16.6 Å². The van der Waals surface area contributed by atoms with E-state index < -0.39 is 72.1 Å². The minimum atomic E-state index is -1.63. The third kappa shape index (κ3) is 10.8. The van der Waals surface area contributed by atoms with E-state index >= 15 is 0 Å². The second-order valence-corrected chi connectivity index (χ2v) is 8.21. The molecule has 0 aliphatic heterocycles. The summed E-state index contributed by atoms with van der Waals surface area (Å²) in [5, 5.41) is 25.2. The summed E-state index contributed by atoms with van der Waals surface area (Å²) < 4.78 is 0. The molecular weight excluding hydrogens is 438 g/mol. The number of nitrogens with one attached hydrogen (secondary N) is 3. The summed E-state index contributed by atoms with van der Waals surface area (Å²) in [6.07, 6.45) is -0.745. The number of aliphatic carboxylic acids is 2. The van der Waals surface area contributed by atoms with Gasteiger partial charge in [-0.25, -0.2) is 4.79 Å². The molecule has 33 heavy (non-hydrogen) atoms. The molecule has 0 radical (unpaired) electrons. The maximum Gasteiger partial charge on any atom is 0.326 e. The zero-order chi connectivity index (χ0) is 25.9. The van der Waals surface area contributed by atoms with Crippen molar-refractivity contribution in [2.45, 2.75) is 77.5 Å². The Morgan fingerprint density at radius 2 is 1.36 bits per heavy atom. The number of carbonyl (C=O) groups excluding carboxylic acids is 4. The van der Waals surface area contributed by atoms with Crippen molar-refractivity contribution in [1.29, 1.82) is 0 Å². The molecule has 0 fully saturated rings. The summed E-state index contributed by atoms with van der Waals surface area (Å²) in [5.41, 5.74) is 11.0. The van der Waals surface area contributed by atoms with Gasteiger partial charge in [0.05, 0.1) is 12.5 Å². The molecule has 0 bridgehead atoms. The van der Waals surface area contributed by atoms with Crippen LogP contribution in [0.1, 0.15) is 53.4 Å². The summed E-state index contributed by atoms with van der Waals surface area (Å²) >= 11 is 0. The summed E-state index contributed by atoms with van der Waals surface area (Å²) in [6.45, 7) is 6.65. The molecule has 0 aromatic rings. The quantitative estimate of drug-likeness (QED) is 0.143. The van der Waals surface area contributed by atoms with Gasteiger partial charge in [-0.3, -0.25) is 24.0 Å². The molecule has 0 spiro atoms. The van der Waals surface area contributed by atoms with Crippen LogP contribution >= 0.6 is 0 Å². The van der Waals surface area contributed by atoms with Gasteiger partial charge in [0, 0.05) is 6.42 Å². The van der Waals surface area contributed by atoms with Gasteiger partial charge in [0.1, 0.15) is 18.1 Å². The van der Waals surface area contributed by atoms with Crippen molar-refractivity contribution in [1.82, 2.24) is 16.0 Å². The lowest BCUT2D eigenvalue weighted by Crippen LogP contribution is -2.58. The van der Waals surface area contributed by atoms with E-state index in [-0.39, 0.29) is 18.8 Å². The van der Waals surface area contributed by atoms with Gasteiger partial charge in [-0.2, -0.15) is 0 Å². The van der Waals surface area contributed by atoms with E-state index in [2.05, 4.69) is 16.0 Å². The Morgan fingerprint density at radius 3 is 1.79 bits per heavy atom.